The van der Waals surface area contributed by atoms with Crippen LogP contribution in [-0.2, 0) is 11.2 Å². The van der Waals surface area contributed by atoms with Crippen molar-refractivity contribution in [2.45, 2.75) is 19.3 Å². The Bertz CT molecular complexity index is 433. The maximum atomic E-state index is 11.4. The van der Waals surface area contributed by atoms with Crippen LogP contribution in [0.25, 0.3) is 0 Å². The van der Waals surface area contributed by atoms with Crippen LogP contribution in [0.2, 0.25) is 0 Å². The molecule has 0 bridgehead atoms. The van der Waals surface area contributed by atoms with E-state index < -0.39 is 0 Å². The third kappa shape index (κ3) is 5.09. The van der Waals surface area contributed by atoms with E-state index in [-0.39, 0.29) is 5.91 Å². The van der Waals surface area contributed by atoms with Crippen molar-refractivity contribution in [2.24, 2.45) is 5.73 Å². The minimum absolute atomic E-state index is 0.116. The number of hydrogen-bond donors (Lipinski definition) is 1. The molecule has 112 valence electrons. The minimum Gasteiger partial charge on any atom is -0.497 e. The van der Waals surface area contributed by atoms with Crippen LogP contribution >= 0.6 is 0 Å². The fourth-order valence-electron chi connectivity index (χ4n) is 1.80. The average Bonchev–Trinajstić information content (AvgIpc) is 2.44. The second kappa shape index (κ2) is 8.43. The topological polar surface area (TPSA) is 64.8 Å². The molecular formula is C15H24N2O3. The number of carbonyl (C=O) groups is 1. The smallest absolute Gasteiger partial charge is 0.222 e. The van der Waals surface area contributed by atoms with Gasteiger partial charge in [0.2, 0.25) is 5.91 Å². The van der Waals surface area contributed by atoms with E-state index in [1.807, 2.05) is 18.2 Å². The number of nitrogens with two attached hydrogens (primary N) is 1. The summed E-state index contributed by atoms with van der Waals surface area (Å²) in [7, 11) is 5.15. The van der Waals surface area contributed by atoms with Crippen molar-refractivity contribution < 1.29 is 14.3 Å². The predicted octanol–water partition coefficient (Wildman–Crippen LogP) is 1.44. The maximum absolute atomic E-state index is 11.4. The highest BCUT2D eigenvalue weighted by atomic mass is 16.5. The van der Waals surface area contributed by atoms with E-state index in [0.29, 0.717) is 26.0 Å². The summed E-state index contributed by atoms with van der Waals surface area (Å²) in [4.78, 5) is 13.0. The standard InChI is InChI=1S/C15H24N2O3/c1-17(2)15(18)5-4-10-20-14-7-6-13(19-3)11-12(14)8-9-16/h6-7,11H,4-5,8-10,16H2,1-3H3. The number of benzene rings is 1. The third-order valence-corrected chi connectivity index (χ3v) is 2.97. The van der Waals surface area contributed by atoms with Gasteiger partial charge < -0.3 is 20.1 Å². The number of hydrogen-bond acceptors (Lipinski definition) is 4. The molecule has 0 aliphatic carbocycles. The predicted molar refractivity (Wildman–Crippen MR) is 79.2 cm³/mol. The van der Waals surface area contributed by atoms with E-state index in [1.165, 1.54) is 0 Å². The summed E-state index contributed by atoms with van der Waals surface area (Å²) in [6.45, 7) is 1.08. The van der Waals surface area contributed by atoms with Gasteiger partial charge in [-0.3, -0.25) is 4.79 Å². The molecule has 1 amide bonds. The Morgan fingerprint density at radius 1 is 1.35 bits per heavy atom. The van der Waals surface area contributed by atoms with Gasteiger partial charge in [0.05, 0.1) is 13.7 Å². The minimum atomic E-state index is 0.116. The first kappa shape index (κ1) is 16.3. The Hall–Kier alpha value is -1.75. The first-order chi connectivity index (χ1) is 9.58. The highest BCUT2D eigenvalue weighted by Gasteiger charge is 2.07. The summed E-state index contributed by atoms with van der Waals surface area (Å²) in [5.74, 6) is 1.72. The van der Waals surface area contributed by atoms with Crippen molar-refractivity contribution >= 4 is 5.91 Å². The van der Waals surface area contributed by atoms with Crippen LogP contribution in [0, 0.1) is 0 Å². The Morgan fingerprint density at radius 3 is 2.70 bits per heavy atom. The molecule has 5 heteroatoms. The molecule has 0 aromatic heterocycles. The molecule has 0 unspecified atom stereocenters. The molecule has 0 saturated carbocycles. The Kier molecular flexibility index (Phi) is 6.87. The molecule has 0 heterocycles. The van der Waals surface area contributed by atoms with Gasteiger partial charge in [-0.1, -0.05) is 0 Å². The van der Waals surface area contributed by atoms with E-state index in [2.05, 4.69) is 0 Å². The zero-order valence-electron chi connectivity index (χ0n) is 12.5. The lowest BCUT2D eigenvalue weighted by molar-refractivity contribution is -0.128. The monoisotopic (exact) mass is 280 g/mol. The highest BCUT2D eigenvalue weighted by Crippen LogP contribution is 2.24. The lowest BCUT2D eigenvalue weighted by atomic mass is 10.1. The van der Waals surface area contributed by atoms with Gasteiger partial charge in [-0.05, 0) is 43.1 Å². The number of methoxy groups -OCH3 is 1. The number of rotatable bonds is 8. The summed E-state index contributed by atoms with van der Waals surface area (Å²) in [6.07, 6.45) is 1.93. The molecule has 0 atom stereocenters. The Balaban J connectivity index is 2.52. The van der Waals surface area contributed by atoms with E-state index in [1.54, 1.807) is 26.1 Å². The lowest BCUT2D eigenvalue weighted by Gasteiger charge is -2.13. The van der Waals surface area contributed by atoms with Crippen molar-refractivity contribution in [3.8, 4) is 11.5 Å². The third-order valence-electron chi connectivity index (χ3n) is 2.97. The molecular weight excluding hydrogens is 256 g/mol. The van der Waals surface area contributed by atoms with Gasteiger partial charge in [-0.25, -0.2) is 0 Å². The van der Waals surface area contributed by atoms with Crippen LogP contribution in [0.3, 0.4) is 0 Å². The quantitative estimate of drug-likeness (QED) is 0.732. The van der Waals surface area contributed by atoms with Gasteiger partial charge in [-0.15, -0.1) is 0 Å². The summed E-state index contributed by atoms with van der Waals surface area (Å²) >= 11 is 0. The molecule has 0 aliphatic rings. The fourth-order valence-corrected chi connectivity index (χ4v) is 1.80. The molecule has 1 aromatic carbocycles. The van der Waals surface area contributed by atoms with Crippen LogP contribution in [0.4, 0.5) is 0 Å². The second-order valence-corrected chi connectivity index (χ2v) is 4.75. The molecule has 5 nitrogen and oxygen atoms in total. The van der Waals surface area contributed by atoms with Gasteiger partial charge >= 0.3 is 0 Å². The van der Waals surface area contributed by atoms with Crippen LogP contribution in [0.5, 0.6) is 11.5 Å². The molecule has 1 rings (SSSR count). The van der Waals surface area contributed by atoms with Crippen molar-refractivity contribution in [2.75, 3.05) is 34.4 Å². The molecule has 0 radical (unpaired) electrons. The normalized spacial score (nSPS) is 10.2. The van der Waals surface area contributed by atoms with Crippen molar-refractivity contribution in [3.05, 3.63) is 23.8 Å². The molecule has 0 saturated heterocycles. The SMILES string of the molecule is COc1ccc(OCCCC(=O)N(C)C)c(CCN)c1. The van der Waals surface area contributed by atoms with Crippen LogP contribution in [0.15, 0.2) is 18.2 Å². The summed E-state index contributed by atoms with van der Waals surface area (Å²) in [6, 6.07) is 5.69. The second-order valence-electron chi connectivity index (χ2n) is 4.75. The summed E-state index contributed by atoms with van der Waals surface area (Å²) in [5, 5.41) is 0. The van der Waals surface area contributed by atoms with Crippen molar-refractivity contribution in [1.82, 2.24) is 4.90 Å². The van der Waals surface area contributed by atoms with Gasteiger partial charge in [0.1, 0.15) is 11.5 Å². The zero-order chi connectivity index (χ0) is 15.0. The number of ether oxygens (including phenoxy) is 2. The molecule has 1 aromatic rings. The van der Waals surface area contributed by atoms with Crippen LogP contribution in [0.1, 0.15) is 18.4 Å². The van der Waals surface area contributed by atoms with Crippen LogP contribution in [-0.4, -0.2) is 45.2 Å². The van der Waals surface area contributed by atoms with Gasteiger partial charge in [-0.2, -0.15) is 0 Å². The zero-order valence-corrected chi connectivity index (χ0v) is 12.5. The molecule has 0 spiro atoms. The van der Waals surface area contributed by atoms with Gasteiger partial charge in [0.25, 0.3) is 0 Å². The van der Waals surface area contributed by atoms with E-state index >= 15 is 0 Å². The maximum Gasteiger partial charge on any atom is 0.222 e. The Labute approximate surface area is 120 Å². The average molecular weight is 280 g/mol. The molecule has 20 heavy (non-hydrogen) atoms. The van der Waals surface area contributed by atoms with Gasteiger partial charge in [0, 0.05) is 20.5 Å². The number of nitrogens with zero attached hydrogens (tertiary/aromatic N) is 1. The first-order valence-electron chi connectivity index (χ1n) is 6.78. The Morgan fingerprint density at radius 2 is 2.10 bits per heavy atom. The first-order valence-corrected chi connectivity index (χ1v) is 6.78. The summed E-state index contributed by atoms with van der Waals surface area (Å²) < 4.78 is 10.9. The number of amides is 1. The van der Waals surface area contributed by atoms with Crippen molar-refractivity contribution in [3.63, 3.8) is 0 Å². The lowest BCUT2D eigenvalue weighted by Crippen LogP contribution is -2.21. The van der Waals surface area contributed by atoms with E-state index in [9.17, 15) is 4.79 Å². The van der Waals surface area contributed by atoms with E-state index in [0.717, 1.165) is 23.5 Å². The fraction of sp³-hybridized carbons (Fsp3) is 0.533. The molecule has 2 N–H and O–H groups in total. The largest absolute Gasteiger partial charge is 0.497 e. The number of carbonyl (C=O) groups excluding carboxylic acids is 1. The van der Waals surface area contributed by atoms with Crippen LogP contribution < -0.4 is 15.2 Å². The van der Waals surface area contributed by atoms with Gasteiger partial charge in [0.15, 0.2) is 0 Å². The highest BCUT2D eigenvalue weighted by molar-refractivity contribution is 5.75. The molecule has 0 aliphatic heterocycles. The van der Waals surface area contributed by atoms with Crippen molar-refractivity contribution in [1.29, 1.82) is 0 Å². The summed E-state index contributed by atoms with van der Waals surface area (Å²) in [5.41, 5.74) is 6.64. The molecule has 0 fully saturated rings. The van der Waals surface area contributed by atoms with E-state index in [4.69, 9.17) is 15.2 Å².